The lowest BCUT2D eigenvalue weighted by molar-refractivity contribution is 0.254. The summed E-state index contributed by atoms with van der Waals surface area (Å²) in [5.41, 5.74) is 10.5. The number of hydrogen-bond donors (Lipinski definition) is 1. The van der Waals surface area contributed by atoms with E-state index in [2.05, 4.69) is 4.90 Å². The quantitative estimate of drug-likeness (QED) is 0.818. The van der Waals surface area contributed by atoms with Crippen LogP contribution in [0.5, 0.6) is 11.5 Å². The highest BCUT2D eigenvalue weighted by molar-refractivity contribution is 5.94. The Morgan fingerprint density at radius 2 is 1.96 bits per heavy atom. The molecule has 0 atom stereocenters. The largest absolute Gasteiger partial charge is 0.493 e. The fourth-order valence-corrected chi connectivity index (χ4v) is 4.06. The van der Waals surface area contributed by atoms with Gasteiger partial charge in [-0.3, -0.25) is 4.98 Å². The van der Waals surface area contributed by atoms with E-state index < -0.39 is 0 Å². The number of nitrogens with two attached hydrogens (primary N) is 1. The van der Waals surface area contributed by atoms with Gasteiger partial charge in [0.2, 0.25) is 0 Å². The molecule has 4 rings (SSSR count). The molecule has 1 aliphatic heterocycles. The topological polar surface area (TPSA) is 60.6 Å². The number of likely N-dealkylation sites (tertiary alicyclic amines) is 1. The molecular formula is C20H27N3O2. The molecule has 2 heterocycles. The number of nitrogens with zero attached hydrogens (tertiary/aromatic N) is 2. The first kappa shape index (κ1) is 16.5. The Hall–Kier alpha value is -2.01. The van der Waals surface area contributed by atoms with E-state index in [-0.39, 0.29) is 0 Å². The van der Waals surface area contributed by atoms with Crippen molar-refractivity contribution in [1.29, 1.82) is 0 Å². The third-order valence-electron chi connectivity index (χ3n) is 5.42. The van der Waals surface area contributed by atoms with Gasteiger partial charge in [-0.25, -0.2) is 0 Å². The molecule has 1 saturated heterocycles. The number of benzene rings is 1. The normalized spacial score (nSPS) is 17.2. The number of pyridine rings is 1. The highest BCUT2D eigenvalue weighted by atomic mass is 16.5. The number of rotatable bonds is 6. The maximum absolute atomic E-state index is 6.39. The zero-order valence-electron chi connectivity index (χ0n) is 15.0. The molecule has 0 radical (unpaired) electrons. The van der Waals surface area contributed by atoms with Crippen LogP contribution in [0.4, 0.5) is 5.69 Å². The molecule has 0 bridgehead atoms. The third kappa shape index (κ3) is 3.25. The number of methoxy groups -OCH3 is 1. The molecule has 2 aromatic rings. The minimum absolute atomic E-state index is 0.693. The summed E-state index contributed by atoms with van der Waals surface area (Å²) in [6, 6.07) is 3.96. The molecule has 5 heteroatoms. The number of aromatic nitrogens is 1. The average molecular weight is 341 g/mol. The lowest BCUT2D eigenvalue weighted by Gasteiger charge is -2.16. The highest BCUT2D eigenvalue weighted by Crippen LogP contribution is 2.38. The van der Waals surface area contributed by atoms with Gasteiger partial charge in [-0.1, -0.05) is 0 Å². The SMILES string of the molecule is COc1cc2c(N)c3c(nc2cc1OCCCN1CCCC1)CCC3. The summed E-state index contributed by atoms with van der Waals surface area (Å²) in [6.07, 6.45) is 6.88. The second kappa shape index (κ2) is 7.08. The summed E-state index contributed by atoms with van der Waals surface area (Å²) in [4.78, 5) is 7.33. The van der Waals surface area contributed by atoms with Gasteiger partial charge in [-0.15, -0.1) is 0 Å². The minimum Gasteiger partial charge on any atom is -0.493 e. The van der Waals surface area contributed by atoms with Crippen LogP contribution in [-0.2, 0) is 12.8 Å². The van der Waals surface area contributed by atoms with Crippen LogP contribution >= 0.6 is 0 Å². The monoisotopic (exact) mass is 341 g/mol. The molecule has 1 aromatic heterocycles. The molecule has 0 amide bonds. The molecule has 1 fully saturated rings. The van der Waals surface area contributed by atoms with Crippen molar-refractivity contribution < 1.29 is 9.47 Å². The molecular weight excluding hydrogens is 314 g/mol. The van der Waals surface area contributed by atoms with Gasteiger partial charge in [0.15, 0.2) is 11.5 Å². The standard InChI is InChI=1S/C20H27N3O2/c1-24-18-12-15-17(22-16-7-4-6-14(16)20(15)21)13-19(18)25-11-5-10-23-8-2-3-9-23/h12-13H,2-11H2,1H3,(H2,21,22). The van der Waals surface area contributed by atoms with Crippen LogP contribution in [-0.4, -0.2) is 43.2 Å². The van der Waals surface area contributed by atoms with Crippen LogP contribution in [0.15, 0.2) is 12.1 Å². The van der Waals surface area contributed by atoms with E-state index >= 15 is 0 Å². The Bertz CT molecular complexity index is 769. The van der Waals surface area contributed by atoms with Crippen molar-refractivity contribution in [2.75, 3.05) is 39.1 Å². The van der Waals surface area contributed by atoms with Crippen LogP contribution in [0.25, 0.3) is 10.9 Å². The van der Waals surface area contributed by atoms with E-state index in [0.29, 0.717) is 6.61 Å². The summed E-state index contributed by atoms with van der Waals surface area (Å²) in [6.45, 7) is 4.26. The summed E-state index contributed by atoms with van der Waals surface area (Å²) < 4.78 is 11.6. The van der Waals surface area contributed by atoms with Gasteiger partial charge in [0.05, 0.1) is 19.2 Å². The number of aryl methyl sites for hydroxylation is 1. The molecule has 25 heavy (non-hydrogen) atoms. The number of fused-ring (bicyclic) bond motifs is 2. The Balaban J connectivity index is 1.52. The van der Waals surface area contributed by atoms with Crippen LogP contribution < -0.4 is 15.2 Å². The summed E-state index contributed by atoms with van der Waals surface area (Å²) in [5, 5.41) is 0.974. The molecule has 2 N–H and O–H groups in total. The van der Waals surface area contributed by atoms with E-state index in [1.165, 1.54) is 31.5 Å². The molecule has 0 unspecified atom stereocenters. The van der Waals surface area contributed by atoms with E-state index in [0.717, 1.165) is 66.0 Å². The smallest absolute Gasteiger partial charge is 0.163 e. The number of ether oxygens (including phenoxy) is 2. The molecule has 5 nitrogen and oxygen atoms in total. The zero-order valence-corrected chi connectivity index (χ0v) is 15.0. The van der Waals surface area contributed by atoms with Gasteiger partial charge < -0.3 is 20.1 Å². The fourth-order valence-electron chi connectivity index (χ4n) is 4.06. The van der Waals surface area contributed by atoms with E-state index in [4.69, 9.17) is 20.2 Å². The van der Waals surface area contributed by atoms with Crippen LogP contribution in [0.3, 0.4) is 0 Å². The van der Waals surface area contributed by atoms with Crippen LogP contribution in [0.1, 0.15) is 36.9 Å². The van der Waals surface area contributed by atoms with Crippen molar-refractivity contribution in [2.45, 2.75) is 38.5 Å². The van der Waals surface area contributed by atoms with E-state index in [1.807, 2.05) is 12.1 Å². The van der Waals surface area contributed by atoms with Crippen molar-refractivity contribution in [3.8, 4) is 11.5 Å². The second-order valence-electron chi connectivity index (χ2n) is 7.08. The maximum atomic E-state index is 6.39. The summed E-state index contributed by atoms with van der Waals surface area (Å²) in [5.74, 6) is 1.50. The lowest BCUT2D eigenvalue weighted by atomic mass is 10.1. The first-order chi connectivity index (χ1) is 12.3. The Morgan fingerprint density at radius 3 is 2.76 bits per heavy atom. The zero-order chi connectivity index (χ0) is 17.2. The first-order valence-electron chi connectivity index (χ1n) is 9.40. The van der Waals surface area contributed by atoms with Crippen molar-refractivity contribution in [3.05, 3.63) is 23.4 Å². The average Bonchev–Trinajstić information content (AvgIpc) is 3.30. The second-order valence-corrected chi connectivity index (χ2v) is 7.08. The first-order valence-corrected chi connectivity index (χ1v) is 9.40. The lowest BCUT2D eigenvalue weighted by Crippen LogP contribution is -2.21. The van der Waals surface area contributed by atoms with Crippen LogP contribution in [0.2, 0.25) is 0 Å². The summed E-state index contributed by atoms with van der Waals surface area (Å²) in [7, 11) is 1.68. The maximum Gasteiger partial charge on any atom is 0.163 e. The van der Waals surface area contributed by atoms with Gasteiger partial charge in [0.25, 0.3) is 0 Å². The van der Waals surface area contributed by atoms with Crippen LogP contribution in [0, 0.1) is 0 Å². The molecule has 0 saturated carbocycles. The van der Waals surface area contributed by atoms with Crippen molar-refractivity contribution in [2.24, 2.45) is 0 Å². The number of hydrogen-bond acceptors (Lipinski definition) is 5. The predicted octanol–water partition coefficient (Wildman–Crippen LogP) is 3.18. The van der Waals surface area contributed by atoms with E-state index in [1.54, 1.807) is 7.11 Å². The highest BCUT2D eigenvalue weighted by Gasteiger charge is 2.20. The number of nitrogen functional groups attached to an aromatic ring is 1. The van der Waals surface area contributed by atoms with E-state index in [9.17, 15) is 0 Å². The van der Waals surface area contributed by atoms with Crippen molar-refractivity contribution >= 4 is 16.6 Å². The molecule has 0 spiro atoms. The minimum atomic E-state index is 0.693. The Morgan fingerprint density at radius 1 is 1.12 bits per heavy atom. The van der Waals surface area contributed by atoms with Crippen molar-refractivity contribution in [3.63, 3.8) is 0 Å². The Labute approximate surface area is 149 Å². The molecule has 1 aliphatic carbocycles. The van der Waals surface area contributed by atoms with Gasteiger partial charge >= 0.3 is 0 Å². The van der Waals surface area contributed by atoms with Gasteiger partial charge in [0, 0.05) is 29.4 Å². The molecule has 134 valence electrons. The van der Waals surface area contributed by atoms with Gasteiger partial charge in [-0.05, 0) is 63.2 Å². The summed E-state index contributed by atoms with van der Waals surface area (Å²) >= 11 is 0. The molecule has 2 aliphatic rings. The van der Waals surface area contributed by atoms with Gasteiger partial charge in [0.1, 0.15) is 0 Å². The number of anilines is 1. The third-order valence-corrected chi connectivity index (χ3v) is 5.42. The molecule has 1 aromatic carbocycles. The Kier molecular flexibility index (Phi) is 4.66. The fraction of sp³-hybridized carbons (Fsp3) is 0.550. The predicted molar refractivity (Wildman–Crippen MR) is 101 cm³/mol. The van der Waals surface area contributed by atoms with Crippen molar-refractivity contribution in [1.82, 2.24) is 9.88 Å². The van der Waals surface area contributed by atoms with Gasteiger partial charge in [-0.2, -0.15) is 0 Å².